The molecule has 0 unspecified atom stereocenters. The van der Waals surface area contributed by atoms with Gasteiger partial charge < -0.3 is 0 Å². The van der Waals surface area contributed by atoms with Crippen molar-refractivity contribution in [2.45, 2.75) is 79.2 Å². The van der Waals surface area contributed by atoms with Crippen LogP contribution in [0.3, 0.4) is 0 Å². The van der Waals surface area contributed by atoms with Crippen molar-refractivity contribution in [3.05, 3.63) is 57.6 Å². The zero-order valence-electron chi connectivity index (χ0n) is 17.7. The van der Waals surface area contributed by atoms with Gasteiger partial charge in [-0.15, -0.1) is 0 Å². The Hall–Kier alpha value is -0.811. The Balaban J connectivity index is 2.43. The van der Waals surface area contributed by atoms with Crippen LogP contribution in [0.4, 0.5) is 0 Å². The molecule has 1 heterocycles. The Morgan fingerprint density at radius 1 is 0.929 bits per heavy atom. The quantitative estimate of drug-likeness (QED) is 0.329. The van der Waals surface area contributed by atoms with Gasteiger partial charge in [0.15, 0.2) is 0 Å². The molecule has 0 saturated carbocycles. The van der Waals surface area contributed by atoms with Crippen LogP contribution in [0.1, 0.15) is 64.9 Å². The van der Waals surface area contributed by atoms with Crippen molar-refractivity contribution in [1.29, 1.82) is 0 Å². The molecule has 154 valence electrons. The Labute approximate surface area is 179 Å². The second-order valence-electron chi connectivity index (χ2n) is 7.92. The summed E-state index contributed by atoms with van der Waals surface area (Å²) in [5, 5.41) is 0.731. The fourth-order valence-corrected chi connectivity index (χ4v) is 21.1. The van der Waals surface area contributed by atoms with Crippen molar-refractivity contribution in [3.63, 3.8) is 0 Å². The number of benzene rings is 1. The van der Waals surface area contributed by atoms with Crippen molar-refractivity contribution < 1.29 is 0 Å². The van der Waals surface area contributed by atoms with Crippen molar-refractivity contribution >= 4 is 33.7 Å². The van der Waals surface area contributed by atoms with E-state index in [1.807, 2.05) is 36.5 Å². The van der Waals surface area contributed by atoms with Crippen LogP contribution in [0.15, 0.2) is 41.3 Å². The topological polar surface area (TPSA) is 34.9 Å². The molecule has 0 aliphatic rings. The SMILES string of the molecule is CCC[CH2][Sn]([CH2]CCC)([CH2]CCC)[c]1nc(=O)n(Cc2ccccc2)cc1Cl. The third-order valence-corrected chi connectivity index (χ3v) is 21.6. The van der Waals surface area contributed by atoms with E-state index in [1.54, 1.807) is 4.57 Å². The summed E-state index contributed by atoms with van der Waals surface area (Å²) in [5.41, 5.74) is 0.946. The molecule has 0 spiro atoms. The minimum absolute atomic E-state index is 0.145. The van der Waals surface area contributed by atoms with E-state index < -0.39 is 18.4 Å². The van der Waals surface area contributed by atoms with Crippen LogP contribution in [0, 0.1) is 0 Å². The van der Waals surface area contributed by atoms with Gasteiger partial charge in [-0.1, -0.05) is 0 Å². The molecule has 1 aromatic heterocycles. The first-order valence-corrected chi connectivity index (χ1v) is 18.7. The zero-order valence-corrected chi connectivity index (χ0v) is 21.3. The summed E-state index contributed by atoms with van der Waals surface area (Å²) in [4.78, 5) is 17.6. The van der Waals surface area contributed by atoms with Gasteiger partial charge in [0.25, 0.3) is 0 Å². The first kappa shape index (κ1) is 23.5. The fraction of sp³-hybridized carbons (Fsp3) is 0.565. The first-order chi connectivity index (χ1) is 13.6. The second kappa shape index (κ2) is 12.0. The molecule has 0 aliphatic heterocycles. The van der Waals surface area contributed by atoms with E-state index in [1.165, 1.54) is 51.8 Å². The number of hydrogen-bond acceptors (Lipinski definition) is 2. The van der Waals surface area contributed by atoms with Crippen LogP contribution in [0.5, 0.6) is 0 Å². The summed E-state index contributed by atoms with van der Waals surface area (Å²) in [6.45, 7) is 7.28. The van der Waals surface area contributed by atoms with E-state index in [9.17, 15) is 4.79 Å². The predicted octanol–water partition coefficient (Wildman–Crippen LogP) is 6.00. The van der Waals surface area contributed by atoms with Crippen molar-refractivity contribution in [1.82, 2.24) is 9.55 Å². The Kier molecular flexibility index (Phi) is 10.1. The minimum atomic E-state index is -2.80. The van der Waals surface area contributed by atoms with Gasteiger partial charge in [0.1, 0.15) is 0 Å². The van der Waals surface area contributed by atoms with Crippen molar-refractivity contribution in [2.75, 3.05) is 0 Å². The zero-order chi connectivity index (χ0) is 20.4. The molecular formula is C23H35ClN2OSn. The van der Waals surface area contributed by atoms with Crippen LogP contribution < -0.4 is 9.40 Å². The first-order valence-electron chi connectivity index (χ1n) is 10.9. The molecule has 0 saturated heterocycles. The monoisotopic (exact) mass is 510 g/mol. The molecule has 5 heteroatoms. The normalized spacial score (nSPS) is 11.7. The summed E-state index contributed by atoms with van der Waals surface area (Å²) in [5.74, 6) is 0. The van der Waals surface area contributed by atoms with Gasteiger partial charge in [-0.2, -0.15) is 0 Å². The molecule has 0 aliphatic carbocycles. The predicted molar refractivity (Wildman–Crippen MR) is 124 cm³/mol. The summed E-state index contributed by atoms with van der Waals surface area (Å²) in [7, 11) is 0. The maximum absolute atomic E-state index is 12.9. The number of nitrogens with zero attached hydrogens (tertiary/aromatic N) is 2. The van der Waals surface area contributed by atoms with Gasteiger partial charge in [0, 0.05) is 0 Å². The second-order valence-corrected chi connectivity index (χ2v) is 21.3. The summed E-state index contributed by atoms with van der Waals surface area (Å²) in [6.07, 6.45) is 9.13. The average molecular weight is 510 g/mol. The molecule has 2 aromatic rings. The third kappa shape index (κ3) is 6.35. The molecule has 0 radical (unpaired) electrons. The fourth-order valence-electron chi connectivity index (χ4n) is 4.01. The Morgan fingerprint density at radius 2 is 1.46 bits per heavy atom. The maximum atomic E-state index is 12.9. The summed E-state index contributed by atoms with van der Waals surface area (Å²) in [6, 6.07) is 10.0. The molecular weight excluding hydrogens is 474 g/mol. The van der Waals surface area contributed by atoms with Crippen LogP contribution in [0.25, 0.3) is 0 Å². The van der Waals surface area contributed by atoms with Gasteiger partial charge in [0.05, 0.1) is 0 Å². The third-order valence-electron chi connectivity index (χ3n) is 5.67. The number of unbranched alkanes of at least 4 members (excludes halogenated alkanes) is 3. The Morgan fingerprint density at radius 3 is 1.96 bits per heavy atom. The molecule has 0 fully saturated rings. The number of rotatable bonds is 12. The van der Waals surface area contributed by atoms with E-state index in [2.05, 4.69) is 25.8 Å². The van der Waals surface area contributed by atoms with Crippen molar-refractivity contribution in [3.8, 4) is 0 Å². The van der Waals surface area contributed by atoms with Gasteiger partial charge in [-0.25, -0.2) is 0 Å². The van der Waals surface area contributed by atoms with Gasteiger partial charge >= 0.3 is 180 Å². The van der Waals surface area contributed by atoms with Crippen LogP contribution in [-0.4, -0.2) is 27.9 Å². The van der Waals surface area contributed by atoms with Gasteiger partial charge in [0.2, 0.25) is 0 Å². The summed E-state index contributed by atoms with van der Waals surface area (Å²) < 4.78 is 6.50. The van der Waals surface area contributed by atoms with E-state index in [0.29, 0.717) is 6.54 Å². The van der Waals surface area contributed by atoms with E-state index in [4.69, 9.17) is 11.6 Å². The molecule has 0 bridgehead atoms. The number of aromatic nitrogens is 2. The Bertz CT molecular complexity index is 754. The molecule has 3 nitrogen and oxygen atoms in total. The van der Waals surface area contributed by atoms with Gasteiger partial charge in [-0.3, -0.25) is 0 Å². The molecule has 28 heavy (non-hydrogen) atoms. The van der Waals surface area contributed by atoms with Crippen LogP contribution in [-0.2, 0) is 6.54 Å². The van der Waals surface area contributed by atoms with Crippen LogP contribution in [0.2, 0.25) is 18.3 Å². The van der Waals surface area contributed by atoms with Gasteiger partial charge in [-0.05, 0) is 0 Å². The molecule has 2 rings (SSSR count). The molecule has 0 atom stereocenters. The van der Waals surface area contributed by atoms with E-state index in [-0.39, 0.29) is 5.69 Å². The van der Waals surface area contributed by atoms with E-state index >= 15 is 0 Å². The standard InChI is InChI=1S/C11H8ClN2O.3C4H9.Sn/c12-10-6-13-11(15)14(8-10)7-9-4-2-1-3-5-9;3*1-3-4-2;/h1-5,8H,7H2;3*1,3-4H2,2H3;. The van der Waals surface area contributed by atoms with E-state index in [0.717, 1.165) is 14.3 Å². The van der Waals surface area contributed by atoms with Crippen LogP contribution >= 0.6 is 11.6 Å². The van der Waals surface area contributed by atoms with Crippen molar-refractivity contribution in [2.24, 2.45) is 0 Å². The number of halogens is 1. The average Bonchev–Trinajstić information content (AvgIpc) is 2.71. The molecule has 1 aromatic carbocycles. The summed E-state index contributed by atoms with van der Waals surface area (Å²) >= 11 is 4.01. The molecule has 0 amide bonds. The molecule has 0 N–H and O–H groups in total. The number of hydrogen-bond donors (Lipinski definition) is 0.